The van der Waals surface area contributed by atoms with Crippen molar-refractivity contribution in [2.45, 2.75) is 0 Å². The summed E-state index contributed by atoms with van der Waals surface area (Å²) in [6.45, 7) is 0. The third-order valence-electron chi connectivity index (χ3n) is 0. The highest BCUT2D eigenvalue weighted by Gasteiger charge is 3.00. The molecule has 0 saturated carbocycles. The minimum atomic E-state index is -2.86. The highest BCUT2D eigenvalue weighted by atomic mass is 32.2. The summed E-state index contributed by atoms with van der Waals surface area (Å²) in [5, 5.41) is 0. The van der Waals surface area contributed by atoms with Crippen LogP contribution in [0.25, 0.3) is 14.3 Å². The lowest BCUT2D eigenvalue weighted by atomic mass is 14.0. The fourth-order valence-electron chi connectivity index (χ4n) is 0. The molecular weight excluding hydrogens is 248 g/mol. The lowest BCUT2D eigenvalue weighted by Gasteiger charge is -1.41. The Kier molecular flexibility index (Phi) is 29.3. The Bertz CT molecular complexity index is 299. The molecule has 0 rings (SSSR count). The first-order valence-electron chi connectivity index (χ1n) is 1.55. The standard InChI is InChI=1S/3NO2S.N/c3*1-4(2)3;/q3*-1;+3. The van der Waals surface area contributed by atoms with Crippen LogP contribution in [0.15, 0.2) is 0 Å². The minimum absolute atomic E-state index is 0. The zero-order valence-corrected chi connectivity index (χ0v) is 7.91. The summed E-state index contributed by atoms with van der Waals surface area (Å²) in [5.41, 5.74) is 0. The molecule has 0 atom stereocenters. The maximum atomic E-state index is 8.56. The van der Waals surface area contributed by atoms with Crippen LogP contribution < -0.4 is 6.15 Å². The molecule has 13 heteroatoms. The van der Waals surface area contributed by atoms with Crippen LogP contribution in [0.3, 0.4) is 0 Å². The van der Waals surface area contributed by atoms with Crippen LogP contribution in [0, 0.1) is 0 Å². The molecule has 0 heterocycles. The van der Waals surface area contributed by atoms with Gasteiger partial charge >= 0.3 is 6.15 Å². The molecule has 0 saturated heterocycles. The molecule has 0 aliphatic carbocycles. The summed E-state index contributed by atoms with van der Waals surface area (Å²) in [4.78, 5) is 0. The highest BCUT2D eigenvalue weighted by Crippen LogP contribution is 1.21. The van der Waals surface area contributed by atoms with E-state index < -0.39 is 31.5 Å². The Hall–Kier alpha value is -1.43. The predicted octanol–water partition coefficient (Wildman–Crippen LogP) is -1.63. The third-order valence-corrected chi connectivity index (χ3v) is 0. The fourth-order valence-corrected chi connectivity index (χ4v) is 0. The van der Waals surface area contributed by atoms with Gasteiger partial charge in [0.15, 0.2) is 0 Å². The third kappa shape index (κ3) is 380. The lowest BCUT2D eigenvalue weighted by Crippen LogP contribution is -1.32. The maximum absolute atomic E-state index is 8.56. The zero-order chi connectivity index (χ0) is 10.7. The second-order valence-electron chi connectivity index (χ2n) is 0.651. The number of hydrogen-bond donors (Lipinski definition) is 0. The molecule has 0 aromatic rings. The van der Waals surface area contributed by atoms with Gasteiger partial charge in [-0.1, -0.05) is 0 Å². The summed E-state index contributed by atoms with van der Waals surface area (Å²) in [6.07, 6.45) is 0. The van der Waals surface area contributed by atoms with Crippen molar-refractivity contribution in [2.75, 3.05) is 0 Å². The van der Waals surface area contributed by atoms with Crippen LogP contribution in [0.1, 0.15) is 0 Å². The second-order valence-corrected chi connectivity index (χ2v) is 1.95. The Morgan fingerprint density at radius 3 is 0.538 bits per heavy atom. The van der Waals surface area contributed by atoms with E-state index in [1.165, 1.54) is 0 Å². The molecule has 0 aromatic carbocycles. The summed E-state index contributed by atoms with van der Waals surface area (Å²) in [7, 11) is -8.58. The van der Waals surface area contributed by atoms with E-state index in [1.54, 1.807) is 0 Å². The Morgan fingerprint density at radius 1 is 0.538 bits per heavy atom. The summed E-state index contributed by atoms with van der Waals surface area (Å²) >= 11 is 0. The van der Waals surface area contributed by atoms with Crippen LogP contribution >= 0.6 is 0 Å². The van der Waals surface area contributed by atoms with Gasteiger partial charge in [-0.05, 0) is 0 Å². The first kappa shape index (κ1) is 22.6. The van der Waals surface area contributed by atoms with Crippen molar-refractivity contribution in [1.82, 2.24) is 6.15 Å². The molecule has 13 heavy (non-hydrogen) atoms. The van der Waals surface area contributed by atoms with E-state index in [1.807, 2.05) is 0 Å². The molecule has 2 radical (unpaired) electrons. The quantitative estimate of drug-likeness (QED) is 0.492. The van der Waals surface area contributed by atoms with E-state index >= 15 is 0 Å². The van der Waals surface area contributed by atoms with E-state index in [0.717, 1.165) is 0 Å². The SMILES string of the molecule is [N+3].[N-]=S(=O)=O.[N-]=S(=O)=O.[N-]=S(=O)=O. The molecule has 0 spiro atoms. The Morgan fingerprint density at radius 2 is 0.538 bits per heavy atom. The fraction of sp³-hybridized carbons (Fsp3) is 0. The second kappa shape index (κ2) is 16.9. The first-order chi connectivity index (χ1) is 5.20. The predicted molar refractivity (Wildman–Crippen MR) is 39.0 cm³/mol. The van der Waals surface area contributed by atoms with Crippen molar-refractivity contribution in [2.24, 2.45) is 0 Å². The molecular formula is N4O6S3. The summed E-state index contributed by atoms with van der Waals surface area (Å²) < 4.78 is 72.2. The van der Waals surface area contributed by atoms with Crippen LogP contribution in [0.2, 0.25) is 0 Å². The molecule has 0 aromatic heterocycles. The first-order valence-corrected chi connectivity index (χ1v) is 4.64. The van der Waals surface area contributed by atoms with E-state index in [-0.39, 0.29) is 6.15 Å². The van der Waals surface area contributed by atoms with Crippen LogP contribution in [0.5, 0.6) is 0 Å². The summed E-state index contributed by atoms with van der Waals surface area (Å²) in [6, 6.07) is 0. The van der Waals surface area contributed by atoms with Crippen molar-refractivity contribution in [1.29, 1.82) is 0 Å². The van der Waals surface area contributed by atoms with Crippen molar-refractivity contribution in [3.05, 3.63) is 14.3 Å². The molecule has 0 aliphatic heterocycles. The molecule has 10 nitrogen and oxygen atoms in total. The van der Waals surface area contributed by atoms with Gasteiger partial charge in [0.1, 0.15) is 31.5 Å². The van der Waals surface area contributed by atoms with Crippen molar-refractivity contribution >= 4 is 31.5 Å². The normalized spacial score (nSPS) is 5.54. The molecule has 74 valence electrons. The van der Waals surface area contributed by atoms with Gasteiger partial charge in [0.05, 0.1) is 0 Å². The molecule has 0 N–H and O–H groups in total. The van der Waals surface area contributed by atoms with Gasteiger partial charge in [0.2, 0.25) is 0 Å². The monoisotopic (exact) mass is 248 g/mol. The summed E-state index contributed by atoms with van der Waals surface area (Å²) in [5.74, 6) is 0. The maximum Gasteiger partial charge on any atom is 3.00 e. The average molecular weight is 248 g/mol. The van der Waals surface area contributed by atoms with Gasteiger partial charge in [0, 0.05) is 0 Å². The van der Waals surface area contributed by atoms with E-state index in [0.29, 0.717) is 0 Å². The van der Waals surface area contributed by atoms with E-state index in [9.17, 15) is 0 Å². The van der Waals surface area contributed by atoms with Crippen LogP contribution in [-0.4, -0.2) is 25.3 Å². The molecule has 0 bridgehead atoms. The van der Waals surface area contributed by atoms with E-state index in [2.05, 4.69) is 0 Å². The minimum Gasteiger partial charge on any atom is -0.686 e. The number of nitrogens with zero attached hydrogens (tertiary/aromatic N) is 4. The molecule has 0 amide bonds. The van der Waals surface area contributed by atoms with Crippen molar-refractivity contribution in [3.8, 4) is 0 Å². The van der Waals surface area contributed by atoms with Crippen molar-refractivity contribution in [3.63, 3.8) is 0 Å². The van der Waals surface area contributed by atoms with Crippen LogP contribution in [0.4, 0.5) is 0 Å². The average Bonchev–Trinajstić information content (AvgIpc) is 1.54. The van der Waals surface area contributed by atoms with Gasteiger partial charge in [-0.2, -0.15) is 0 Å². The smallest absolute Gasteiger partial charge is 0.686 e. The number of rotatable bonds is 0. The highest BCUT2D eigenvalue weighted by molar-refractivity contribution is 7.63. The lowest BCUT2D eigenvalue weighted by molar-refractivity contribution is 0.624. The van der Waals surface area contributed by atoms with E-state index in [4.69, 9.17) is 39.6 Å². The van der Waals surface area contributed by atoms with Gasteiger partial charge in [0.25, 0.3) is 0 Å². The largest absolute Gasteiger partial charge is 3.00 e. The van der Waals surface area contributed by atoms with Crippen molar-refractivity contribution < 1.29 is 25.3 Å². The molecule has 0 aliphatic rings. The van der Waals surface area contributed by atoms with Crippen LogP contribution in [-0.2, 0) is 31.5 Å². The topological polar surface area (TPSA) is 200 Å². The van der Waals surface area contributed by atoms with Gasteiger partial charge in [-0.15, -0.1) is 0 Å². The van der Waals surface area contributed by atoms with Gasteiger partial charge in [-0.25, -0.2) is 25.3 Å². The zero-order valence-electron chi connectivity index (χ0n) is 5.46. The molecule has 0 fully saturated rings. The number of hydrogen-bond acceptors (Lipinski definition) is 6. The Labute approximate surface area is 77.7 Å². The van der Waals surface area contributed by atoms with Gasteiger partial charge < -0.3 is 14.3 Å². The molecule has 0 unspecified atom stereocenters. The van der Waals surface area contributed by atoms with Gasteiger partial charge in [-0.3, -0.25) is 0 Å². The Balaban J connectivity index is -0.0000000450.